The van der Waals surface area contributed by atoms with Crippen LogP contribution >= 0.6 is 0 Å². The summed E-state index contributed by atoms with van der Waals surface area (Å²) >= 11 is 0. The summed E-state index contributed by atoms with van der Waals surface area (Å²) in [7, 11) is 0. The quantitative estimate of drug-likeness (QED) is 0.104. The van der Waals surface area contributed by atoms with Crippen molar-refractivity contribution < 1.29 is 0 Å². The van der Waals surface area contributed by atoms with Gasteiger partial charge in [0, 0.05) is 34.4 Å². The molecule has 0 spiro atoms. The summed E-state index contributed by atoms with van der Waals surface area (Å²) in [4.78, 5) is 8.37. The van der Waals surface area contributed by atoms with Crippen molar-refractivity contribution in [3.8, 4) is 39.1 Å². The molecule has 0 N–H and O–H groups in total. The molecule has 0 saturated carbocycles. The summed E-state index contributed by atoms with van der Waals surface area (Å²) in [6, 6.07) is 58.8. The largest absolute Gasteiger partial charge is 0.309 e. The van der Waals surface area contributed by atoms with Crippen LogP contribution in [0.4, 0.5) is 5.69 Å². The lowest BCUT2D eigenvalue weighted by molar-refractivity contribution is 1.18. The number of rotatable bonds is 4. The van der Waals surface area contributed by atoms with Crippen LogP contribution in [0.1, 0.15) is 0 Å². The zero-order valence-electron chi connectivity index (χ0n) is 28.6. The fourth-order valence-corrected chi connectivity index (χ4v) is 8.91. The maximum absolute atomic E-state index is 8.00. The molecule has 0 amide bonds. The second-order valence-corrected chi connectivity index (χ2v) is 13.7. The van der Waals surface area contributed by atoms with Crippen LogP contribution in [0.5, 0.6) is 0 Å². The van der Waals surface area contributed by atoms with Gasteiger partial charge in [-0.25, -0.2) is 4.85 Å². The third kappa shape index (κ3) is 4.18. The molecule has 0 radical (unpaired) electrons. The molecule has 2 heterocycles. The van der Waals surface area contributed by atoms with Gasteiger partial charge in [0.25, 0.3) is 0 Å². The Bertz CT molecular complexity index is 3220. The third-order valence-electron chi connectivity index (χ3n) is 11.1. The van der Waals surface area contributed by atoms with Crippen LogP contribution in [0.2, 0.25) is 0 Å². The molecule has 9 aromatic carbocycles. The molecule has 2 aromatic heterocycles. The zero-order valence-corrected chi connectivity index (χ0v) is 28.6. The van der Waals surface area contributed by atoms with Crippen molar-refractivity contribution in [2.45, 2.75) is 0 Å². The highest BCUT2D eigenvalue weighted by Crippen LogP contribution is 2.50. The van der Waals surface area contributed by atoms with E-state index in [2.05, 4.69) is 166 Å². The van der Waals surface area contributed by atoms with Gasteiger partial charge in [0.1, 0.15) is 0 Å². The Hall–Kier alpha value is -7.28. The van der Waals surface area contributed by atoms with Gasteiger partial charge in [-0.2, -0.15) is 0 Å². The molecule has 0 aliphatic heterocycles. The summed E-state index contributed by atoms with van der Waals surface area (Å²) in [5, 5.41) is 11.8. The van der Waals surface area contributed by atoms with Gasteiger partial charge in [-0.15, -0.1) is 0 Å². The average molecular weight is 672 g/mol. The minimum absolute atomic E-state index is 0.680. The average Bonchev–Trinajstić information content (AvgIpc) is 3.57. The normalized spacial score (nSPS) is 11.8. The van der Waals surface area contributed by atoms with Gasteiger partial charge in [-0.3, -0.25) is 4.98 Å². The van der Waals surface area contributed by atoms with E-state index in [1.54, 1.807) is 0 Å². The van der Waals surface area contributed by atoms with Crippen LogP contribution in [0, 0.1) is 6.57 Å². The summed E-state index contributed by atoms with van der Waals surface area (Å²) < 4.78 is 2.35. The number of hydrogen-bond donors (Lipinski definition) is 0. The molecule has 0 aliphatic carbocycles. The van der Waals surface area contributed by atoms with E-state index in [-0.39, 0.29) is 0 Å². The Morgan fingerprint density at radius 1 is 0.415 bits per heavy atom. The monoisotopic (exact) mass is 671 g/mol. The van der Waals surface area contributed by atoms with Gasteiger partial charge >= 0.3 is 0 Å². The number of aromatic nitrogens is 2. The molecule has 11 aromatic rings. The molecule has 0 atom stereocenters. The van der Waals surface area contributed by atoms with Gasteiger partial charge < -0.3 is 4.57 Å². The number of hydrogen-bond acceptors (Lipinski definition) is 1. The molecular weight excluding hydrogens is 643 g/mol. The maximum atomic E-state index is 8.00. The van der Waals surface area contributed by atoms with Crippen LogP contribution < -0.4 is 0 Å². The molecule has 0 bridgehead atoms. The molecule has 0 unspecified atom stereocenters. The molecule has 0 fully saturated rings. The first-order valence-corrected chi connectivity index (χ1v) is 17.9. The van der Waals surface area contributed by atoms with E-state index in [0.29, 0.717) is 5.69 Å². The highest BCUT2D eigenvalue weighted by atomic mass is 15.0. The Morgan fingerprint density at radius 2 is 0.925 bits per heavy atom. The van der Waals surface area contributed by atoms with Crippen LogP contribution in [-0.2, 0) is 0 Å². The van der Waals surface area contributed by atoms with E-state index >= 15 is 0 Å². The second kappa shape index (κ2) is 11.4. The van der Waals surface area contributed by atoms with E-state index < -0.39 is 0 Å². The first kappa shape index (κ1) is 29.5. The number of fused-ring (bicyclic) bond motifs is 3. The van der Waals surface area contributed by atoms with Crippen molar-refractivity contribution in [2.24, 2.45) is 0 Å². The smallest absolute Gasteiger partial charge is 0.195 e. The number of para-hydroxylation sites is 1. The van der Waals surface area contributed by atoms with Gasteiger partial charge in [0.05, 0.1) is 17.6 Å². The lowest BCUT2D eigenvalue weighted by Crippen LogP contribution is -1.94. The topological polar surface area (TPSA) is 22.2 Å². The molecule has 3 nitrogen and oxygen atoms in total. The predicted molar refractivity (Wildman–Crippen MR) is 222 cm³/mol. The van der Waals surface area contributed by atoms with Crippen molar-refractivity contribution in [3.63, 3.8) is 0 Å². The minimum atomic E-state index is 0.680. The molecule has 53 heavy (non-hydrogen) atoms. The highest BCUT2D eigenvalue weighted by Gasteiger charge is 2.24. The minimum Gasteiger partial charge on any atom is -0.309 e. The van der Waals surface area contributed by atoms with E-state index in [4.69, 9.17) is 6.57 Å². The fraction of sp³-hybridized carbons (Fsp3) is 0. The molecule has 3 heteroatoms. The Kier molecular flexibility index (Phi) is 6.32. The Morgan fingerprint density at radius 3 is 1.55 bits per heavy atom. The summed E-state index contributed by atoms with van der Waals surface area (Å²) in [6.07, 6.45) is 3.77. The van der Waals surface area contributed by atoms with Crippen molar-refractivity contribution in [3.05, 3.63) is 188 Å². The zero-order chi connectivity index (χ0) is 35.0. The first-order chi connectivity index (χ1) is 26.3. The maximum Gasteiger partial charge on any atom is 0.195 e. The van der Waals surface area contributed by atoms with Gasteiger partial charge in [0.15, 0.2) is 5.69 Å². The number of benzene rings is 9. The van der Waals surface area contributed by atoms with Crippen molar-refractivity contribution in [1.29, 1.82) is 0 Å². The van der Waals surface area contributed by atoms with Crippen LogP contribution in [-0.4, -0.2) is 9.55 Å². The molecule has 0 saturated heterocycles. The standard InChI is InChI=1S/C50H29N3/c1-51-44-26-28-46-50-43(44)24-23-42-41(25-27-45(49(42)50)53(46)32-13-3-2-4-14-32)48-38-19-9-7-17-36(38)47(37-18-8-10-20-39(37)48)40-22-21-33(31-12-11-29-52-30-31)34-15-5-6-16-35(34)40/h2-30H. The Balaban J connectivity index is 1.25. The fourth-order valence-electron chi connectivity index (χ4n) is 8.91. The number of pyridine rings is 1. The number of nitrogens with zero attached hydrogens (tertiary/aromatic N) is 3. The van der Waals surface area contributed by atoms with E-state index in [1.165, 1.54) is 70.9 Å². The summed E-state index contributed by atoms with van der Waals surface area (Å²) in [5.74, 6) is 0. The molecule has 244 valence electrons. The predicted octanol–water partition coefficient (Wildman–Crippen LogP) is 13.8. The van der Waals surface area contributed by atoms with Crippen LogP contribution in [0.3, 0.4) is 0 Å². The van der Waals surface area contributed by atoms with Crippen molar-refractivity contribution in [1.82, 2.24) is 9.55 Å². The van der Waals surface area contributed by atoms with Crippen molar-refractivity contribution >= 4 is 70.6 Å². The lowest BCUT2D eigenvalue weighted by Gasteiger charge is -2.20. The molecule has 0 aliphatic rings. The molecular formula is C50H29N3. The van der Waals surface area contributed by atoms with Gasteiger partial charge in [-0.1, -0.05) is 133 Å². The summed E-state index contributed by atoms with van der Waals surface area (Å²) in [6.45, 7) is 8.00. The van der Waals surface area contributed by atoms with Crippen molar-refractivity contribution in [2.75, 3.05) is 0 Å². The third-order valence-corrected chi connectivity index (χ3v) is 11.1. The summed E-state index contributed by atoms with van der Waals surface area (Å²) in [5.41, 5.74) is 11.2. The van der Waals surface area contributed by atoms with Gasteiger partial charge in [-0.05, 0) is 101 Å². The van der Waals surface area contributed by atoms with Crippen LogP contribution in [0.25, 0.3) is 109 Å². The lowest BCUT2D eigenvalue weighted by atomic mass is 9.83. The van der Waals surface area contributed by atoms with E-state index in [1.807, 2.05) is 24.5 Å². The highest BCUT2D eigenvalue weighted by molar-refractivity contribution is 6.31. The first-order valence-electron chi connectivity index (χ1n) is 17.9. The van der Waals surface area contributed by atoms with Crippen LogP contribution in [0.15, 0.2) is 176 Å². The molecule has 11 rings (SSSR count). The SMILES string of the molecule is [C-]#[N+]c1ccc2c3c1ccc1c(-c4c5ccccc5c(-c5ccc(-c6cccnc6)c6ccccc56)c5ccccc45)ccc(c13)n2-c1ccccc1. The van der Waals surface area contributed by atoms with E-state index in [9.17, 15) is 0 Å². The van der Waals surface area contributed by atoms with Gasteiger partial charge in [0.2, 0.25) is 0 Å². The Labute approximate surface area is 305 Å². The van der Waals surface area contributed by atoms with E-state index in [0.717, 1.165) is 33.1 Å². The second-order valence-electron chi connectivity index (χ2n) is 13.7.